The highest BCUT2D eigenvalue weighted by Crippen LogP contribution is 2.26. The minimum absolute atomic E-state index is 0.349. The maximum atomic E-state index is 13.4. The lowest BCUT2D eigenvalue weighted by Crippen LogP contribution is -2.33. The van der Waals surface area contributed by atoms with Crippen LogP contribution in [0.1, 0.15) is 5.56 Å². The number of carbonyl (C=O) groups is 1. The fourth-order valence-corrected chi connectivity index (χ4v) is 1.07. The Morgan fingerprint density at radius 2 is 1.94 bits per heavy atom. The van der Waals surface area contributed by atoms with E-state index in [1.54, 1.807) is 0 Å². The zero-order chi connectivity index (χ0) is 12.2. The highest BCUT2D eigenvalue weighted by Gasteiger charge is 2.31. The molecule has 0 saturated carbocycles. The summed E-state index contributed by atoms with van der Waals surface area (Å²) in [6, 6.07) is 3.85. The predicted molar refractivity (Wildman–Crippen MR) is 53.5 cm³/mol. The molecule has 0 aliphatic carbocycles. The minimum Gasteiger partial charge on any atom is -0.346 e. The molecule has 0 unspecified atom stereocenters. The topological polar surface area (TPSA) is 29.1 Å². The van der Waals surface area contributed by atoms with E-state index in [2.05, 4.69) is 6.58 Å². The monoisotopic (exact) mass is 229 g/mol. The minimum atomic E-state index is -3.23. The van der Waals surface area contributed by atoms with Crippen molar-refractivity contribution in [2.45, 2.75) is 5.92 Å². The molecule has 0 radical (unpaired) electrons. The Hall–Kier alpha value is -1.78. The quantitative estimate of drug-likeness (QED) is 0.788. The van der Waals surface area contributed by atoms with Gasteiger partial charge < -0.3 is 5.32 Å². The molecule has 2 nitrogen and oxygen atoms in total. The third-order valence-corrected chi connectivity index (χ3v) is 1.94. The van der Waals surface area contributed by atoms with Crippen LogP contribution in [0.4, 0.5) is 13.2 Å². The van der Waals surface area contributed by atoms with Crippen LogP contribution in [-0.4, -0.2) is 12.5 Å². The summed E-state index contributed by atoms with van der Waals surface area (Å²) in [5, 5.41) is 1.98. The van der Waals surface area contributed by atoms with Crippen LogP contribution in [0.25, 0.3) is 0 Å². The SMILES string of the molecule is C=CC(=O)NCC(F)(F)c1ccc(F)cc1. The molecule has 1 rings (SSSR count). The summed E-state index contributed by atoms with van der Waals surface area (Å²) < 4.78 is 39.3. The molecule has 1 aromatic carbocycles. The number of amides is 1. The lowest BCUT2D eigenvalue weighted by atomic mass is 10.1. The van der Waals surface area contributed by atoms with Gasteiger partial charge in [0, 0.05) is 5.56 Å². The van der Waals surface area contributed by atoms with Crippen LogP contribution in [0.2, 0.25) is 0 Å². The first-order valence-corrected chi connectivity index (χ1v) is 4.50. The fraction of sp³-hybridized carbons (Fsp3) is 0.182. The molecule has 5 heteroatoms. The van der Waals surface area contributed by atoms with Crippen molar-refractivity contribution in [3.63, 3.8) is 0 Å². The van der Waals surface area contributed by atoms with Crippen molar-refractivity contribution < 1.29 is 18.0 Å². The van der Waals surface area contributed by atoms with Gasteiger partial charge in [-0.15, -0.1) is 0 Å². The third-order valence-electron chi connectivity index (χ3n) is 1.94. The van der Waals surface area contributed by atoms with Crippen molar-refractivity contribution in [2.75, 3.05) is 6.54 Å². The number of alkyl halides is 2. The number of hydrogen-bond donors (Lipinski definition) is 1. The molecule has 86 valence electrons. The Bertz CT molecular complexity index is 387. The zero-order valence-electron chi connectivity index (χ0n) is 8.34. The smallest absolute Gasteiger partial charge is 0.290 e. The molecule has 0 bridgehead atoms. The van der Waals surface area contributed by atoms with Crippen LogP contribution in [0.15, 0.2) is 36.9 Å². The van der Waals surface area contributed by atoms with Gasteiger partial charge in [-0.05, 0) is 18.2 Å². The van der Waals surface area contributed by atoms with E-state index in [1.165, 1.54) is 0 Å². The van der Waals surface area contributed by atoms with Crippen LogP contribution in [0.5, 0.6) is 0 Å². The van der Waals surface area contributed by atoms with E-state index in [-0.39, 0.29) is 5.56 Å². The Labute approximate surface area is 90.8 Å². The van der Waals surface area contributed by atoms with Gasteiger partial charge in [0.15, 0.2) is 0 Å². The maximum absolute atomic E-state index is 13.4. The van der Waals surface area contributed by atoms with Crippen LogP contribution in [0, 0.1) is 5.82 Å². The molecular weight excluding hydrogens is 219 g/mol. The Morgan fingerprint density at radius 3 is 2.44 bits per heavy atom. The van der Waals surface area contributed by atoms with Gasteiger partial charge in [-0.25, -0.2) is 4.39 Å². The van der Waals surface area contributed by atoms with Crippen molar-refractivity contribution in [1.29, 1.82) is 0 Å². The Balaban J connectivity index is 2.73. The second-order valence-electron chi connectivity index (χ2n) is 3.13. The summed E-state index contributed by atoms with van der Waals surface area (Å²) in [4.78, 5) is 10.7. The second-order valence-corrected chi connectivity index (χ2v) is 3.13. The second kappa shape index (κ2) is 4.83. The van der Waals surface area contributed by atoms with Crippen molar-refractivity contribution in [1.82, 2.24) is 5.32 Å². The molecule has 0 fully saturated rings. The van der Waals surface area contributed by atoms with E-state index >= 15 is 0 Å². The van der Waals surface area contributed by atoms with Gasteiger partial charge in [0.25, 0.3) is 5.92 Å². The van der Waals surface area contributed by atoms with Crippen LogP contribution in [0.3, 0.4) is 0 Å². The molecule has 0 aliphatic rings. The van der Waals surface area contributed by atoms with Crippen molar-refractivity contribution in [3.05, 3.63) is 48.3 Å². The van der Waals surface area contributed by atoms with Crippen LogP contribution >= 0.6 is 0 Å². The number of carbonyl (C=O) groups excluding carboxylic acids is 1. The Morgan fingerprint density at radius 1 is 1.38 bits per heavy atom. The van der Waals surface area contributed by atoms with Gasteiger partial charge in [0.1, 0.15) is 5.82 Å². The van der Waals surface area contributed by atoms with Gasteiger partial charge in [0.2, 0.25) is 5.91 Å². The molecule has 1 N–H and O–H groups in total. The van der Waals surface area contributed by atoms with E-state index < -0.39 is 24.2 Å². The van der Waals surface area contributed by atoms with Gasteiger partial charge in [-0.2, -0.15) is 8.78 Å². The summed E-state index contributed by atoms with van der Waals surface area (Å²) >= 11 is 0. The normalized spacial score (nSPS) is 10.9. The van der Waals surface area contributed by atoms with Crippen LogP contribution in [-0.2, 0) is 10.7 Å². The van der Waals surface area contributed by atoms with Crippen LogP contribution < -0.4 is 5.32 Å². The molecule has 0 heterocycles. The highest BCUT2D eigenvalue weighted by molar-refractivity contribution is 5.86. The van der Waals surface area contributed by atoms with Crippen molar-refractivity contribution in [3.8, 4) is 0 Å². The molecular formula is C11H10F3NO. The first-order valence-electron chi connectivity index (χ1n) is 4.50. The van der Waals surface area contributed by atoms with Crippen molar-refractivity contribution >= 4 is 5.91 Å². The van der Waals surface area contributed by atoms with E-state index in [9.17, 15) is 18.0 Å². The van der Waals surface area contributed by atoms with Gasteiger partial charge in [0.05, 0.1) is 6.54 Å². The van der Waals surface area contributed by atoms with E-state index in [0.717, 1.165) is 30.3 Å². The largest absolute Gasteiger partial charge is 0.346 e. The predicted octanol–water partition coefficient (Wildman–Crippen LogP) is 2.22. The van der Waals surface area contributed by atoms with Gasteiger partial charge in [-0.1, -0.05) is 18.7 Å². The maximum Gasteiger partial charge on any atom is 0.290 e. The molecule has 0 aliphatic heterocycles. The number of rotatable bonds is 4. The number of nitrogens with one attached hydrogen (secondary N) is 1. The van der Waals surface area contributed by atoms with E-state index in [1.807, 2.05) is 5.32 Å². The summed E-state index contributed by atoms with van der Waals surface area (Å²) in [6.07, 6.45) is 0.904. The third kappa shape index (κ3) is 3.12. The molecule has 16 heavy (non-hydrogen) atoms. The summed E-state index contributed by atoms with van der Waals surface area (Å²) in [6.45, 7) is 2.30. The number of hydrogen-bond acceptors (Lipinski definition) is 1. The number of benzene rings is 1. The molecule has 0 spiro atoms. The van der Waals surface area contributed by atoms with Gasteiger partial charge in [-0.3, -0.25) is 4.79 Å². The molecule has 1 amide bonds. The molecule has 1 aromatic rings. The standard InChI is InChI=1S/C11H10F3NO/c1-2-10(16)15-7-11(13,14)8-3-5-9(12)6-4-8/h2-6H,1,7H2,(H,15,16). The number of halogens is 3. The fourth-order valence-electron chi connectivity index (χ4n) is 1.07. The van der Waals surface area contributed by atoms with E-state index in [0.29, 0.717) is 0 Å². The van der Waals surface area contributed by atoms with Gasteiger partial charge >= 0.3 is 0 Å². The molecule has 0 atom stereocenters. The summed E-state index contributed by atoms with van der Waals surface area (Å²) in [5.41, 5.74) is -0.349. The zero-order valence-corrected chi connectivity index (χ0v) is 8.34. The first-order chi connectivity index (χ1) is 7.45. The average molecular weight is 229 g/mol. The summed E-state index contributed by atoms with van der Waals surface area (Å²) in [5.74, 6) is -4.50. The molecule has 0 aromatic heterocycles. The van der Waals surface area contributed by atoms with Crippen molar-refractivity contribution in [2.24, 2.45) is 0 Å². The lowest BCUT2D eigenvalue weighted by molar-refractivity contribution is -0.118. The molecule has 0 saturated heterocycles. The summed E-state index contributed by atoms with van der Waals surface area (Å²) in [7, 11) is 0. The lowest BCUT2D eigenvalue weighted by Gasteiger charge is -2.16. The van der Waals surface area contributed by atoms with E-state index in [4.69, 9.17) is 0 Å². The average Bonchev–Trinajstić information content (AvgIpc) is 2.26. The highest BCUT2D eigenvalue weighted by atomic mass is 19.3. The first kappa shape index (κ1) is 12.3. The Kier molecular flexibility index (Phi) is 3.71.